The lowest BCUT2D eigenvalue weighted by molar-refractivity contribution is 1.28. The van der Waals surface area contributed by atoms with Crippen molar-refractivity contribution in [1.82, 2.24) is 0 Å². The Bertz CT molecular complexity index is 3280. The first-order valence-corrected chi connectivity index (χ1v) is 19.0. The van der Waals surface area contributed by atoms with Crippen molar-refractivity contribution in [2.24, 2.45) is 0 Å². The van der Waals surface area contributed by atoms with Crippen LogP contribution in [0.3, 0.4) is 0 Å². The molecular formula is C56H39N. The molecule has 0 radical (unpaired) electrons. The molecule has 0 aliphatic rings. The zero-order valence-electron chi connectivity index (χ0n) is 38.8. The van der Waals surface area contributed by atoms with E-state index in [9.17, 15) is 11.0 Å². The van der Waals surface area contributed by atoms with Gasteiger partial charge in [0.25, 0.3) is 0 Å². The normalized spacial score (nSPS) is 13.1. The molecule has 57 heavy (non-hydrogen) atoms. The van der Waals surface area contributed by atoms with E-state index in [1.165, 1.54) is 4.90 Å². The average Bonchev–Trinajstić information content (AvgIpc) is 3.35. The number of para-hydroxylation sites is 1. The van der Waals surface area contributed by atoms with Crippen LogP contribution in [0.25, 0.3) is 77.2 Å². The summed E-state index contributed by atoms with van der Waals surface area (Å²) in [5.41, 5.74) is 6.44. The Kier molecular flexibility index (Phi) is 6.92. The third kappa shape index (κ3) is 6.46. The predicted octanol–water partition coefficient (Wildman–Crippen LogP) is 15.8. The van der Waals surface area contributed by atoms with Gasteiger partial charge in [0.15, 0.2) is 0 Å². The maximum atomic E-state index is 9.80. The van der Waals surface area contributed by atoms with E-state index in [0.717, 1.165) is 49.4 Å². The molecule has 0 bridgehead atoms. The molecule has 10 rings (SSSR count). The Morgan fingerprint density at radius 3 is 1.18 bits per heavy atom. The quantitative estimate of drug-likeness (QED) is 0.150. The molecule has 10 aromatic rings. The van der Waals surface area contributed by atoms with Crippen LogP contribution >= 0.6 is 0 Å². The number of rotatable bonds is 8. The summed E-state index contributed by atoms with van der Waals surface area (Å²) in [6, 6.07) is 56.9. The van der Waals surface area contributed by atoms with Crippen LogP contribution in [0.2, 0.25) is 0 Å². The van der Waals surface area contributed by atoms with Crippen LogP contribution in [0.1, 0.15) is 11.0 Å². The highest BCUT2D eigenvalue weighted by Gasteiger charge is 2.20. The van der Waals surface area contributed by atoms with E-state index in [2.05, 4.69) is 24.3 Å². The van der Waals surface area contributed by atoms with Crippen LogP contribution in [-0.4, -0.2) is 0 Å². The first-order chi connectivity index (χ1) is 31.7. The maximum Gasteiger partial charge on any atom is 0.0645 e. The SMILES string of the molecule is [2H]c1c([2H])c(N(c2ccccc2-c2ccccc2-c2ccccc2-c2ccccc2)c2c([2H])c([2H])c(-c3cccc4ccccc34)c([2H])c2[2H])c([2H])c([2H])c1-c1cccc2ccccc12. The highest BCUT2D eigenvalue weighted by molar-refractivity contribution is 6.00. The fourth-order valence-corrected chi connectivity index (χ4v) is 7.78. The monoisotopic (exact) mass is 733 g/mol. The molecule has 0 aromatic heterocycles. The van der Waals surface area contributed by atoms with E-state index < -0.39 is 24.2 Å². The van der Waals surface area contributed by atoms with Crippen molar-refractivity contribution in [3.63, 3.8) is 0 Å². The summed E-state index contributed by atoms with van der Waals surface area (Å²) in [5, 5.41) is 3.29. The summed E-state index contributed by atoms with van der Waals surface area (Å²) in [6.07, 6.45) is 0. The predicted molar refractivity (Wildman–Crippen MR) is 243 cm³/mol. The molecule has 0 spiro atoms. The van der Waals surface area contributed by atoms with Crippen LogP contribution in [-0.2, 0) is 0 Å². The Labute approximate surface area is 345 Å². The highest BCUT2D eigenvalue weighted by Crippen LogP contribution is 2.46. The Hall–Kier alpha value is -7.48. The van der Waals surface area contributed by atoms with Crippen molar-refractivity contribution in [2.75, 3.05) is 4.90 Å². The molecule has 0 fully saturated rings. The van der Waals surface area contributed by atoms with Gasteiger partial charge >= 0.3 is 0 Å². The van der Waals surface area contributed by atoms with Crippen LogP contribution in [0.4, 0.5) is 17.1 Å². The third-order valence-corrected chi connectivity index (χ3v) is 10.5. The minimum Gasteiger partial charge on any atom is -0.310 e. The molecule has 0 unspecified atom stereocenters. The number of benzene rings is 10. The summed E-state index contributed by atoms with van der Waals surface area (Å²) >= 11 is 0. The van der Waals surface area contributed by atoms with E-state index in [0.29, 0.717) is 22.4 Å². The van der Waals surface area contributed by atoms with Gasteiger partial charge in [-0.2, -0.15) is 0 Å². The Morgan fingerprint density at radius 2 is 0.632 bits per heavy atom. The van der Waals surface area contributed by atoms with Crippen molar-refractivity contribution >= 4 is 38.6 Å². The van der Waals surface area contributed by atoms with Gasteiger partial charge < -0.3 is 4.90 Å². The minimum atomic E-state index is -0.401. The van der Waals surface area contributed by atoms with Crippen LogP contribution in [0, 0.1) is 0 Å². The van der Waals surface area contributed by atoms with Gasteiger partial charge in [-0.15, -0.1) is 0 Å². The van der Waals surface area contributed by atoms with Gasteiger partial charge in [-0.05, 0) is 102 Å². The van der Waals surface area contributed by atoms with Crippen molar-refractivity contribution in [3.8, 4) is 55.6 Å². The minimum absolute atomic E-state index is 0.113. The Balaban J connectivity index is 1.28. The highest BCUT2D eigenvalue weighted by atomic mass is 15.1. The van der Waals surface area contributed by atoms with Crippen molar-refractivity contribution in [1.29, 1.82) is 0 Å². The fourth-order valence-electron chi connectivity index (χ4n) is 7.78. The summed E-state index contributed by atoms with van der Waals surface area (Å²) in [5.74, 6) is 0. The van der Waals surface area contributed by atoms with E-state index in [4.69, 9.17) is 0 Å². The van der Waals surface area contributed by atoms with Crippen molar-refractivity contribution in [3.05, 3.63) is 236 Å². The second-order valence-corrected chi connectivity index (χ2v) is 13.8. The standard InChI is InChI=1S/C56H39N/c1-2-16-40(17-3-1)51-24-8-9-25-52(51)53-26-10-11-27-54(53)55-28-12-13-31-56(55)57(45-36-32-43(33-37-45)49-29-14-20-41-18-4-6-22-47(41)49)46-38-34-44(35-39-46)50-30-15-21-42-19-5-7-23-48(42)50/h1-39H/i32D,33D,34D,35D,36D,37D,38D,39D. The molecule has 0 N–H and O–H groups in total. The van der Waals surface area contributed by atoms with E-state index >= 15 is 0 Å². The number of hydrogen-bond donors (Lipinski definition) is 0. The van der Waals surface area contributed by atoms with Crippen molar-refractivity contribution < 1.29 is 11.0 Å². The molecule has 0 aliphatic carbocycles. The molecule has 1 nitrogen and oxygen atoms in total. The molecule has 10 aromatic carbocycles. The van der Waals surface area contributed by atoms with Gasteiger partial charge in [-0.25, -0.2) is 0 Å². The number of fused-ring (bicyclic) bond motifs is 2. The van der Waals surface area contributed by atoms with E-state index in [1.807, 2.05) is 140 Å². The molecule has 0 amide bonds. The maximum absolute atomic E-state index is 9.80. The molecule has 0 heterocycles. The summed E-state index contributed by atoms with van der Waals surface area (Å²) in [4.78, 5) is 1.41. The first kappa shape index (κ1) is 26.3. The number of hydrogen-bond acceptors (Lipinski definition) is 1. The lowest BCUT2D eigenvalue weighted by Crippen LogP contribution is -2.11. The molecule has 0 saturated carbocycles. The van der Waals surface area contributed by atoms with Gasteiger partial charge in [-0.3, -0.25) is 0 Å². The summed E-state index contributed by atoms with van der Waals surface area (Å²) in [7, 11) is 0. The first-order valence-electron chi connectivity index (χ1n) is 23.0. The van der Waals surface area contributed by atoms with Gasteiger partial charge in [0.05, 0.1) is 16.7 Å². The number of nitrogens with zero attached hydrogens (tertiary/aromatic N) is 1. The average molecular weight is 734 g/mol. The van der Waals surface area contributed by atoms with E-state index in [-0.39, 0.29) is 46.7 Å². The molecule has 1 heteroatoms. The zero-order valence-corrected chi connectivity index (χ0v) is 30.8. The topological polar surface area (TPSA) is 3.24 Å². The Morgan fingerprint density at radius 1 is 0.263 bits per heavy atom. The van der Waals surface area contributed by atoms with Gasteiger partial charge in [0.2, 0.25) is 0 Å². The smallest absolute Gasteiger partial charge is 0.0645 e. The van der Waals surface area contributed by atoms with Crippen LogP contribution in [0.5, 0.6) is 0 Å². The molecule has 0 aliphatic heterocycles. The lowest BCUT2D eigenvalue weighted by Gasteiger charge is -2.29. The van der Waals surface area contributed by atoms with Crippen LogP contribution in [0.15, 0.2) is 236 Å². The summed E-state index contributed by atoms with van der Waals surface area (Å²) in [6.45, 7) is 0. The second kappa shape index (κ2) is 15.0. The summed E-state index contributed by atoms with van der Waals surface area (Å²) < 4.78 is 77.6. The van der Waals surface area contributed by atoms with Gasteiger partial charge in [0.1, 0.15) is 0 Å². The van der Waals surface area contributed by atoms with Gasteiger partial charge in [0, 0.05) is 16.9 Å². The fraction of sp³-hybridized carbons (Fsp3) is 0. The third-order valence-electron chi connectivity index (χ3n) is 10.5. The largest absolute Gasteiger partial charge is 0.310 e. The van der Waals surface area contributed by atoms with E-state index in [1.54, 1.807) is 24.3 Å². The zero-order chi connectivity index (χ0) is 44.9. The lowest BCUT2D eigenvalue weighted by atomic mass is 9.88. The molecule has 0 saturated heterocycles. The molecule has 268 valence electrons. The second-order valence-electron chi connectivity index (χ2n) is 13.8. The number of anilines is 3. The van der Waals surface area contributed by atoms with Gasteiger partial charge in [-0.1, -0.05) is 206 Å². The van der Waals surface area contributed by atoms with Crippen LogP contribution < -0.4 is 4.90 Å². The van der Waals surface area contributed by atoms with Crippen molar-refractivity contribution in [2.45, 2.75) is 0 Å². The molecular weight excluding hydrogens is 687 g/mol. The molecule has 0 atom stereocenters.